The van der Waals surface area contributed by atoms with Gasteiger partial charge in [0.1, 0.15) is 12.4 Å². The zero-order valence-corrected chi connectivity index (χ0v) is 20.6. The minimum Gasteiger partial charge on any atom is -0.234 e. The first-order chi connectivity index (χ1) is 14.2. The molecule has 0 aliphatic carbocycles. The Morgan fingerprint density at radius 3 is 1.59 bits per heavy atom. The smallest absolute Gasteiger partial charge is 0.234 e. The quantitative estimate of drug-likeness (QED) is 0.152. The number of hydrogen-bond donors (Lipinski definition) is 0. The van der Waals surface area contributed by atoms with Gasteiger partial charge in [-0.05, 0) is 25.7 Å². The normalized spacial score (nSPS) is 11.6. The molecule has 0 saturated heterocycles. The number of unbranched alkanes of at least 4 members (excludes halogenated alkanes) is 15. The summed E-state index contributed by atoms with van der Waals surface area (Å²) in [6.45, 7) is 11.7. The van der Waals surface area contributed by atoms with Crippen LogP contribution in [0.5, 0.6) is 0 Å². The Kier molecular flexibility index (Phi) is 16.3. The van der Waals surface area contributed by atoms with Crippen LogP contribution < -0.4 is 4.57 Å². The van der Waals surface area contributed by atoms with Crippen molar-refractivity contribution in [3.63, 3.8) is 0 Å². The van der Waals surface area contributed by atoms with Gasteiger partial charge < -0.3 is 0 Å². The summed E-state index contributed by atoms with van der Waals surface area (Å²) in [5.74, 6) is 2.14. The minimum absolute atomic E-state index is 0.609. The zero-order chi connectivity index (χ0) is 21.2. The molecule has 1 aromatic heterocycles. The second-order valence-corrected chi connectivity index (χ2v) is 9.50. The van der Waals surface area contributed by atoms with Crippen LogP contribution in [0.2, 0.25) is 0 Å². The molecule has 0 aliphatic rings. The fourth-order valence-corrected chi connectivity index (χ4v) is 4.53. The number of aryl methyl sites for hydroxylation is 2. The Hall–Kier alpha value is -0.790. The molecule has 0 saturated carbocycles. The van der Waals surface area contributed by atoms with Gasteiger partial charge in [0, 0.05) is 0 Å². The summed E-state index contributed by atoms with van der Waals surface area (Å²) in [7, 11) is 0. The fourth-order valence-electron chi connectivity index (χ4n) is 4.53. The van der Waals surface area contributed by atoms with Crippen LogP contribution in [0.4, 0.5) is 0 Å². The van der Waals surface area contributed by atoms with Crippen molar-refractivity contribution in [1.29, 1.82) is 0 Å². The van der Waals surface area contributed by atoms with Gasteiger partial charge in [-0.25, -0.2) is 9.13 Å². The van der Waals surface area contributed by atoms with E-state index in [9.17, 15) is 0 Å². The summed E-state index contributed by atoms with van der Waals surface area (Å²) in [4.78, 5) is 0. The van der Waals surface area contributed by atoms with Gasteiger partial charge in [-0.1, -0.05) is 111 Å². The van der Waals surface area contributed by atoms with Gasteiger partial charge in [-0.3, -0.25) is 0 Å². The maximum absolute atomic E-state index is 2.53. The van der Waals surface area contributed by atoms with E-state index in [1.165, 1.54) is 128 Å². The molecule has 0 unspecified atom stereocenters. The first-order valence-electron chi connectivity index (χ1n) is 13.3. The molecule has 0 radical (unpaired) electrons. The SMILES string of the molecule is CCCCCCCCCCCCCCC[n+]1ccn(CCCCCC)c1C(C)C. The molecular formula is C27H53N2+. The zero-order valence-electron chi connectivity index (χ0n) is 20.6. The number of nitrogens with zero attached hydrogens (tertiary/aromatic N) is 2. The Morgan fingerprint density at radius 2 is 1.10 bits per heavy atom. The minimum atomic E-state index is 0.609. The predicted molar refractivity (Wildman–Crippen MR) is 129 cm³/mol. The summed E-state index contributed by atoms with van der Waals surface area (Å²) in [6.07, 6.45) is 28.6. The van der Waals surface area contributed by atoms with Gasteiger partial charge in [0.05, 0.1) is 19.0 Å². The second kappa shape index (κ2) is 18.0. The van der Waals surface area contributed by atoms with Crippen molar-refractivity contribution < 1.29 is 4.57 Å². The Labute approximate surface area is 183 Å². The van der Waals surface area contributed by atoms with Crippen molar-refractivity contribution >= 4 is 0 Å². The third kappa shape index (κ3) is 12.5. The van der Waals surface area contributed by atoms with Crippen LogP contribution in [0.1, 0.15) is 149 Å². The van der Waals surface area contributed by atoms with Gasteiger partial charge in [-0.15, -0.1) is 0 Å². The lowest BCUT2D eigenvalue weighted by Gasteiger charge is -2.08. The van der Waals surface area contributed by atoms with Crippen LogP contribution in [0, 0.1) is 0 Å². The Balaban J connectivity index is 2.10. The first-order valence-corrected chi connectivity index (χ1v) is 13.3. The molecule has 2 heteroatoms. The van der Waals surface area contributed by atoms with Crippen molar-refractivity contribution in [1.82, 2.24) is 4.57 Å². The molecule has 0 fully saturated rings. The molecule has 0 aliphatic heterocycles. The highest BCUT2D eigenvalue weighted by molar-refractivity contribution is 4.89. The molecule has 1 rings (SSSR count). The van der Waals surface area contributed by atoms with Crippen molar-refractivity contribution in [2.75, 3.05) is 0 Å². The van der Waals surface area contributed by atoms with Crippen LogP contribution in [-0.2, 0) is 13.1 Å². The lowest BCUT2D eigenvalue weighted by Crippen LogP contribution is -2.38. The van der Waals surface area contributed by atoms with Crippen LogP contribution in [0.3, 0.4) is 0 Å². The molecule has 0 atom stereocenters. The molecule has 29 heavy (non-hydrogen) atoms. The second-order valence-electron chi connectivity index (χ2n) is 9.50. The molecule has 170 valence electrons. The number of hydrogen-bond acceptors (Lipinski definition) is 0. The van der Waals surface area contributed by atoms with E-state index in [2.05, 4.69) is 49.2 Å². The van der Waals surface area contributed by atoms with E-state index >= 15 is 0 Å². The van der Waals surface area contributed by atoms with E-state index in [4.69, 9.17) is 0 Å². The highest BCUT2D eigenvalue weighted by atomic mass is 15.1. The third-order valence-electron chi connectivity index (χ3n) is 6.29. The highest BCUT2D eigenvalue weighted by Gasteiger charge is 2.19. The Morgan fingerprint density at radius 1 is 0.655 bits per heavy atom. The Bertz CT molecular complexity index is 475. The van der Waals surface area contributed by atoms with Gasteiger partial charge in [0.15, 0.2) is 0 Å². The van der Waals surface area contributed by atoms with Crippen LogP contribution in [-0.4, -0.2) is 4.57 Å². The van der Waals surface area contributed by atoms with Crippen molar-refractivity contribution in [3.05, 3.63) is 18.2 Å². The maximum Gasteiger partial charge on any atom is 0.258 e. The first kappa shape index (κ1) is 26.2. The van der Waals surface area contributed by atoms with Crippen LogP contribution in [0.15, 0.2) is 12.4 Å². The molecule has 2 nitrogen and oxygen atoms in total. The molecule has 0 bridgehead atoms. The highest BCUT2D eigenvalue weighted by Crippen LogP contribution is 2.14. The topological polar surface area (TPSA) is 8.81 Å². The number of aromatic nitrogens is 2. The molecule has 0 aromatic carbocycles. The van der Waals surface area contributed by atoms with Crippen molar-refractivity contribution in [2.24, 2.45) is 0 Å². The molecule has 1 aromatic rings. The number of imidazole rings is 1. The van der Waals surface area contributed by atoms with E-state index in [1.807, 2.05) is 0 Å². The van der Waals surface area contributed by atoms with Gasteiger partial charge in [0.2, 0.25) is 0 Å². The van der Waals surface area contributed by atoms with Crippen molar-refractivity contribution in [2.45, 2.75) is 156 Å². The number of rotatable bonds is 20. The lowest BCUT2D eigenvalue weighted by molar-refractivity contribution is -0.705. The van der Waals surface area contributed by atoms with Crippen molar-refractivity contribution in [3.8, 4) is 0 Å². The lowest BCUT2D eigenvalue weighted by atomic mass is 10.0. The molecular weight excluding hydrogens is 352 g/mol. The van der Waals surface area contributed by atoms with Gasteiger partial charge in [0.25, 0.3) is 5.82 Å². The van der Waals surface area contributed by atoms with Crippen LogP contribution >= 0.6 is 0 Å². The average Bonchev–Trinajstić information content (AvgIpc) is 3.12. The molecule has 0 N–H and O–H groups in total. The molecule has 0 spiro atoms. The summed E-state index contributed by atoms with van der Waals surface area (Å²) in [5.41, 5.74) is 0. The van der Waals surface area contributed by atoms with E-state index in [1.54, 1.807) is 0 Å². The average molecular weight is 406 g/mol. The predicted octanol–water partition coefficient (Wildman–Crippen LogP) is 8.57. The maximum atomic E-state index is 2.53. The monoisotopic (exact) mass is 405 g/mol. The van der Waals surface area contributed by atoms with E-state index in [0.717, 1.165) is 0 Å². The standard InChI is InChI=1S/C27H53N2/c1-5-7-9-11-12-13-14-15-16-17-18-19-21-23-29-25-24-28(27(29)26(3)4)22-20-10-8-6-2/h24-26H,5-23H2,1-4H3/q+1. The summed E-state index contributed by atoms with van der Waals surface area (Å²) >= 11 is 0. The molecule has 1 heterocycles. The van der Waals surface area contributed by atoms with E-state index < -0.39 is 0 Å². The largest absolute Gasteiger partial charge is 0.258 e. The van der Waals surface area contributed by atoms with E-state index in [-0.39, 0.29) is 0 Å². The van der Waals surface area contributed by atoms with Gasteiger partial charge >= 0.3 is 0 Å². The fraction of sp³-hybridized carbons (Fsp3) is 0.889. The molecule has 0 amide bonds. The van der Waals surface area contributed by atoms with Gasteiger partial charge in [-0.2, -0.15) is 0 Å². The van der Waals surface area contributed by atoms with Crippen LogP contribution in [0.25, 0.3) is 0 Å². The summed E-state index contributed by atoms with van der Waals surface area (Å²) < 4.78 is 5.05. The summed E-state index contributed by atoms with van der Waals surface area (Å²) in [5, 5.41) is 0. The summed E-state index contributed by atoms with van der Waals surface area (Å²) in [6, 6.07) is 0. The third-order valence-corrected chi connectivity index (χ3v) is 6.29. The van der Waals surface area contributed by atoms with E-state index in [0.29, 0.717) is 5.92 Å².